The van der Waals surface area contributed by atoms with E-state index in [1.165, 1.54) is 199 Å². The summed E-state index contributed by atoms with van der Waals surface area (Å²) in [4.78, 5) is 4.92. The molecular formula is C56H114N2O4. The smallest absolute Gasteiger partial charge is 0.0667 e. The zero-order valence-corrected chi connectivity index (χ0v) is 42.7. The lowest BCUT2D eigenvalue weighted by Gasteiger charge is -2.45. The number of aliphatic hydroxyl groups excluding tert-OH is 4. The van der Waals surface area contributed by atoms with Gasteiger partial charge in [-0.3, -0.25) is 9.80 Å². The molecule has 0 aliphatic heterocycles. The molecule has 0 saturated heterocycles. The molecule has 6 nitrogen and oxygen atoms in total. The molecule has 0 spiro atoms. The standard InChI is InChI=1S/C56H114N2O4/c1-5-9-13-17-21-25-29-34-40-52(59)46-57(47-53(60)41-35-30-26-22-18-14-10-6-2)50-56(44-38-33-39-45-56)51-58(48-54(61)42-36-31-27-23-19-15-11-7-3)49-55(62)43-37-32-28-24-20-16-12-8-4/h52-55,59-62H,5-51H2,1-4H3. The molecule has 0 bridgehead atoms. The SMILES string of the molecule is CCCCCCCCCCC(O)CN(CC(O)CCCCCCCCCC)CC1(CN(CC(O)CCCCCCCCCC)CC(O)CCCCCCCCCC)CCCCC1. The van der Waals surface area contributed by atoms with Crippen molar-refractivity contribution in [1.29, 1.82) is 0 Å². The maximum atomic E-state index is 11.5. The monoisotopic (exact) mass is 879 g/mol. The van der Waals surface area contributed by atoms with Crippen molar-refractivity contribution in [2.24, 2.45) is 5.41 Å². The van der Waals surface area contributed by atoms with Gasteiger partial charge in [0.25, 0.3) is 0 Å². The van der Waals surface area contributed by atoms with Crippen molar-refractivity contribution in [3.05, 3.63) is 0 Å². The highest BCUT2D eigenvalue weighted by Crippen LogP contribution is 2.39. The van der Waals surface area contributed by atoms with Gasteiger partial charge in [0.05, 0.1) is 24.4 Å². The van der Waals surface area contributed by atoms with Crippen LogP contribution in [0.3, 0.4) is 0 Å². The van der Waals surface area contributed by atoms with Gasteiger partial charge in [-0.2, -0.15) is 0 Å². The van der Waals surface area contributed by atoms with Crippen molar-refractivity contribution in [2.75, 3.05) is 39.3 Å². The predicted molar refractivity (Wildman–Crippen MR) is 271 cm³/mol. The number of nitrogens with zero attached hydrogens (tertiary/aromatic N) is 2. The molecule has 0 aromatic carbocycles. The van der Waals surface area contributed by atoms with Gasteiger partial charge in [0.15, 0.2) is 0 Å². The highest BCUT2D eigenvalue weighted by molar-refractivity contribution is 4.91. The van der Waals surface area contributed by atoms with Crippen LogP contribution in [0.2, 0.25) is 0 Å². The Hall–Kier alpha value is -0.240. The summed E-state index contributed by atoms with van der Waals surface area (Å²) in [6.07, 6.45) is 48.6. The van der Waals surface area contributed by atoms with Crippen LogP contribution in [0.5, 0.6) is 0 Å². The van der Waals surface area contributed by atoms with Crippen LogP contribution in [0.15, 0.2) is 0 Å². The van der Waals surface area contributed by atoms with Gasteiger partial charge in [-0.05, 0) is 43.9 Å². The second-order valence-electron chi connectivity index (χ2n) is 21.1. The van der Waals surface area contributed by atoms with Crippen molar-refractivity contribution in [3.8, 4) is 0 Å². The van der Waals surface area contributed by atoms with Crippen LogP contribution in [-0.2, 0) is 0 Å². The average molecular weight is 880 g/mol. The van der Waals surface area contributed by atoms with E-state index < -0.39 is 0 Å². The molecule has 1 aliphatic carbocycles. The van der Waals surface area contributed by atoms with Crippen LogP contribution in [-0.4, -0.2) is 93.9 Å². The van der Waals surface area contributed by atoms with E-state index in [0.717, 1.165) is 77.3 Å². The highest BCUT2D eigenvalue weighted by atomic mass is 16.3. The molecule has 0 heterocycles. The van der Waals surface area contributed by atoms with Crippen LogP contribution >= 0.6 is 0 Å². The third-order valence-corrected chi connectivity index (χ3v) is 14.5. The fourth-order valence-corrected chi connectivity index (χ4v) is 10.6. The Labute approximate surface area is 389 Å². The predicted octanol–water partition coefficient (Wildman–Crippen LogP) is 15.1. The minimum atomic E-state index is -0.371. The van der Waals surface area contributed by atoms with Crippen LogP contribution in [0.25, 0.3) is 0 Å². The summed E-state index contributed by atoms with van der Waals surface area (Å²) >= 11 is 0. The van der Waals surface area contributed by atoms with Crippen molar-refractivity contribution in [2.45, 2.75) is 315 Å². The lowest BCUT2D eigenvalue weighted by Crippen LogP contribution is -2.52. The number of hydrogen-bond donors (Lipinski definition) is 4. The lowest BCUT2D eigenvalue weighted by atomic mass is 9.73. The number of unbranched alkanes of at least 4 members (excludes halogenated alkanes) is 28. The third kappa shape index (κ3) is 35.9. The van der Waals surface area contributed by atoms with Crippen LogP contribution < -0.4 is 0 Å². The number of rotatable bonds is 48. The largest absolute Gasteiger partial charge is 0.392 e. The summed E-state index contributed by atoms with van der Waals surface area (Å²) in [5, 5.41) is 46.1. The van der Waals surface area contributed by atoms with Gasteiger partial charge < -0.3 is 20.4 Å². The Bertz CT molecular complexity index is 779. The summed E-state index contributed by atoms with van der Waals surface area (Å²) in [7, 11) is 0. The topological polar surface area (TPSA) is 87.4 Å². The maximum absolute atomic E-state index is 11.5. The van der Waals surface area contributed by atoms with Gasteiger partial charge in [-0.15, -0.1) is 0 Å². The van der Waals surface area contributed by atoms with Crippen LogP contribution in [0.1, 0.15) is 291 Å². The van der Waals surface area contributed by atoms with E-state index in [2.05, 4.69) is 37.5 Å². The van der Waals surface area contributed by atoms with Gasteiger partial charge in [0.1, 0.15) is 0 Å². The Balaban J connectivity index is 3.03. The van der Waals surface area contributed by atoms with Gasteiger partial charge in [-0.25, -0.2) is 0 Å². The van der Waals surface area contributed by atoms with E-state index in [0.29, 0.717) is 26.2 Å². The van der Waals surface area contributed by atoms with Gasteiger partial charge in [0.2, 0.25) is 0 Å². The summed E-state index contributed by atoms with van der Waals surface area (Å²) in [5.74, 6) is 0. The zero-order valence-electron chi connectivity index (χ0n) is 42.7. The van der Waals surface area contributed by atoms with E-state index >= 15 is 0 Å². The quantitative estimate of drug-likeness (QED) is 0.0456. The molecule has 4 atom stereocenters. The molecule has 6 heteroatoms. The van der Waals surface area contributed by atoms with E-state index in [1.54, 1.807) is 0 Å². The normalized spacial score (nSPS) is 16.4. The second-order valence-corrected chi connectivity index (χ2v) is 21.1. The van der Waals surface area contributed by atoms with Crippen LogP contribution in [0.4, 0.5) is 0 Å². The van der Waals surface area contributed by atoms with E-state index in [4.69, 9.17) is 0 Å². The van der Waals surface area contributed by atoms with Gasteiger partial charge in [0, 0.05) is 39.3 Å². The summed E-state index contributed by atoms with van der Waals surface area (Å²) in [6.45, 7) is 13.4. The summed E-state index contributed by atoms with van der Waals surface area (Å²) in [5.41, 5.74) is 0.0328. The molecule has 1 saturated carbocycles. The molecule has 1 aliphatic rings. The first-order chi connectivity index (χ1) is 30.3. The first kappa shape index (κ1) is 59.8. The molecule has 4 unspecified atom stereocenters. The molecule has 0 aromatic heterocycles. The number of aliphatic hydroxyl groups is 4. The number of hydrogen-bond acceptors (Lipinski definition) is 6. The minimum absolute atomic E-state index is 0.0328. The molecular weight excluding hydrogens is 765 g/mol. The Morgan fingerprint density at radius 3 is 0.742 bits per heavy atom. The highest BCUT2D eigenvalue weighted by Gasteiger charge is 2.37. The Morgan fingerprint density at radius 2 is 0.516 bits per heavy atom. The fourth-order valence-electron chi connectivity index (χ4n) is 10.6. The van der Waals surface area contributed by atoms with Crippen molar-refractivity contribution < 1.29 is 20.4 Å². The van der Waals surface area contributed by atoms with Crippen molar-refractivity contribution >= 4 is 0 Å². The van der Waals surface area contributed by atoms with Crippen molar-refractivity contribution in [1.82, 2.24) is 9.80 Å². The Kier molecular flexibility index (Phi) is 41.8. The average Bonchev–Trinajstić information content (AvgIpc) is 3.24. The maximum Gasteiger partial charge on any atom is 0.0667 e. The third-order valence-electron chi connectivity index (χ3n) is 14.5. The molecule has 1 fully saturated rings. The van der Waals surface area contributed by atoms with Crippen LogP contribution in [0, 0.1) is 5.41 Å². The van der Waals surface area contributed by atoms with E-state index in [9.17, 15) is 20.4 Å². The van der Waals surface area contributed by atoms with Crippen molar-refractivity contribution in [3.63, 3.8) is 0 Å². The zero-order chi connectivity index (χ0) is 45.2. The van der Waals surface area contributed by atoms with E-state index in [1.807, 2.05) is 0 Å². The molecule has 0 aromatic rings. The summed E-state index contributed by atoms with van der Waals surface area (Å²) in [6, 6.07) is 0. The van der Waals surface area contributed by atoms with E-state index in [-0.39, 0.29) is 29.8 Å². The molecule has 372 valence electrons. The Morgan fingerprint density at radius 1 is 0.306 bits per heavy atom. The molecule has 62 heavy (non-hydrogen) atoms. The van der Waals surface area contributed by atoms with Gasteiger partial charge in [-0.1, -0.05) is 252 Å². The molecule has 0 radical (unpaired) electrons. The summed E-state index contributed by atoms with van der Waals surface area (Å²) < 4.78 is 0. The van der Waals surface area contributed by atoms with Gasteiger partial charge >= 0.3 is 0 Å². The lowest BCUT2D eigenvalue weighted by molar-refractivity contribution is -0.00888. The first-order valence-corrected chi connectivity index (χ1v) is 28.4. The first-order valence-electron chi connectivity index (χ1n) is 28.4. The second kappa shape index (κ2) is 43.3. The fraction of sp³-hybridized carbons (Fsp3) is 1.00. The molecule has 1 rings (SSSR count). The molecule has 4 N–H and O–H groups in total. The molecule has 0 amide bonds. The minimum Gasteiger partial charge on any atom is -0.392 e.